The monoisotopic (exact) mass is 550 g/mol. The van der Waals surface area contributed by atoms with Gasteiger partial charge in [-0.05, 0) is 57.5 Å². The van der Waals surface area contributed by atoms with Gasteiger partial charge in [0.05, 0.1) is 18.0 Å². The summed E-state index contributed by atoms with van der Waals surface area (Å²) < 4.78 is 26.4. The zero-order valence-electron chi connectivity index (χ0n) is 17.6. The van der Waals surface area contributed by atoms with Crippen molar-refractivity contribution >= 4 is 51.3 Å². The van der Waals surface area contributed by atoms with Crippen LogP contribution in [0.2, 0.25) is 0 Å². The lowest BCUT2D eigenvalue weighted by Crippen LogP contribution is -2.36. The van der Waals surface area contributed by atoms with E-state index >= 15 is 0 Å². The lowest BCUT2D eigenvalue weighted by Gasteiger charge is -2.21. The molecule has 2 N–H and O–H groups in total. The van der Waals surface area contributed by atoms with E-state index in [2.05, 4.69) is 34.7 Å². The van der Waals surface area contributed by atoms with Crippen LogP contribution in [0.5, 0.6) is 0 Å². The number of benzene rings is 1. The van der Waals surface area contributed by atoms with Crippen LogP contribution < -0.4 is 10.6 Å². The first-order valence-corrected chi connectivity index (χ1v) is 11.6. The van der Waals surface area contributed by atoms with Gasteiger partial charge in [-0.1, -0.05) is 12.1 Å². The zero-order chi connectivity index (χ0) is 20.7. The third-order valence-corrected chi connectivity index (χ3v) is 7.37. The molecule has 1 aromatic heterocycles. The minimum absolute atomic E-state index is 0. The van der Waals surface area contributed by atoms with Crippen LogP contribution in [0.4, 0.5) is 0 Å². The standard InChI is InChI=1S/C20H30N4O2S2.HI/c1-6-21-20(23-14-18-10-7-16(4)27-18)22-13-17-8-11-19(12-9-17)28(25,26)24(5)15(2)3;/h7-12,15H,6,13-14H2,1-5H3,(H2,21,22,23);1H. The minimum Gasteiger partial charge on any atom is -0.357 e. The van der Waals surface area contributed by atoms with E-state index in [9.17, 15) is 8.42 Å². The molecule has 0 fully saturated rings. The molecule has 0 saturated heterocycles. The molecular weight excluding hydrogens is 519 g/mol. The van der Waals surface area contributed by atoms with Gasteiger partial charge in [-0.15, -0.1) is 35.3 Å². The second kappa shape index (κ2) is 11.9. The number of aryl methyl sites for hydroxylation is 1. The Balaban J connectivity index is 0.00000420. The molecule has 0 spiro atoms. The molecule has 1 aromatic carbocycles. The van der Waals surface area contributed by atoms with Crippen molar-refractivity contribution in [2.45, 2.75) is 51.7 Å². The second-order valence-electron chi connectivity index (χ2n) is 6.82. The Bertz CT molecular complexity index is 893. The maximum atomic E-state index is 12.5. The van der Waals surface area contributed by atoms with E-state index in [4.69, 9.17) is 0 Å². The highest BCUT2D eigenvalue weighted by Crippen LogP contribution is 2.17. The molecule has 0 aliphatic rings. The first-order chi connectivity index (χ1) is 13.2. The highest BCUT2D eigenvalue weighted by molar-refractivity contribution is 14.0. The Labute approximate surface area is 195 Å². The lowest BCUT2D eigenvalue weighted by molar-refractivity contribution is 0.410. The van der Waals surface area contributed by atoms with Gasteiger partial charge < -0.3 is 10.6 Å². The molecule has 1 heterocycles. The molecule has 29 heavy (non-hydrogen) atoms. The molecule has 2 aromatic rings. The fourth-order valence-corrected chi connectivity index (χ4v) is 4.67. The highest BCUT2D eigenvalue weighted by atomic mass is 127. The Kier molecular flexibility index (Phi) is 10.6. The SMILES string of the molecule is CCNC(=NCc1ccc(S(=O)(=O)N(C)C(C)C)cc1)NCc1ccc(C)s1.I. The van der Waals surface area contributed by atoms with Gasteiger partial charge in [0, 0.05) is 29.4 Å². The topological polar surface area (TPSA) is 73.8 Å². The van der Waals surface area contributed by atoms with E-state index in [0.717, 1.165) is 24.6 Å². The summed E-state index contributed by atoms with van der Waals surface area (Å²) in [6.45, 7) is 9.80. The summed E-state index contributed by atoms with van der Waals surface area (Å²) in [6.07, 6.45) is 0. The van der Waals surface area contributed by atoms with Gasteiger partial charge in [0.1, 0.15) is 0 Å². The number of hydrogen-bond acceptors (Lipinski definition) is 4. The number of nitrogens with zero attached hydrogens (tertiary/aromatic N) is 2. The molecule has 0 aliphatic heterocycles. The zero-order valence-corrected chi connectivity index (χ0v) is 21.6. The highest BCUT2D eigenvalue weighted by Gasteiger charge is 2.22. The van der Waals surface area contributed by atoms with Crippen LogP contribution in [0.1, 0.15) is 36.1 Å². The molecule has 0 unspecified atom stereocenters. The number of sulfonamides is 1. The van der Waals surface area contributed by atoms with Gasteiger partial charge in [-0.2, -0.15) is 4.31 Å². The van der Waals surface area contributed by atoms with E-state index in [1.807, 2.05) is 32.9 Å². The number of thiophene rings is 1. The first kappa shape index (κ1) is 25.9. The van der Waals surface area contributed by atoms with Crippen LogP contribution in [-0.2, 0) is 23.1 Å². The first-order valence-electron chi connectivity index (χ1n) is 9.38. The lowest BCUT2D eigenvalue weighted by atomic mass is 10.2. The average molecular weight is 551 g/mol. The number of aliphatic imine (C=N–C) groups is 1. The minimum atomic E-state index is -3.46. The van der Waals surface area contributed by atoms with Crippen LogP contribution in [0.15, 0.2) is 46.3 Å². The van der Waals surface area contributed by atoms with Gasteiger partial charge in [0.25, 0.3) is 0 Å². The van der Waals surface area contributed by atoms with Crippen LogP contribution in [0.25, 0.3) is 0 Å². The summed E-state index contributed by atoms with van der Waals surface area (Å²) in [5.41, 5.74) is 0.954. The maximum absolute atomic E-state index is 12.5. The fraction of sp³-hybridized carbons (Fsp3) is 0.450. The van der Waals surface area contributed by atoms with Crippen molar-refractivity contribution in [1.82, 2.24) is 14.9 Å². The molecular formula is C20H31IN4O2S2. The smallest absolute Gasteiger partial charge is 0.243 e. The van der Waals surface area contributed by atoms with Crippen LogP contribution in [0, 0.1) is 6.92 Å². The fourth-order valence-electron chi connectivity index (χ4n) is 2.47. The average Bonchev–Trinajstić information content (AvgIpc) is 3.08. The Morgan fingerprint density at radius 1 is 1.14 bits per heavy atom. The van der Waals surface area contributed by atoms with Gasteiger partial charge in [-0.3, -0.25) is 0 Å². The van der Waals surface area contributed by atoms with Crippen LogP contribution >= 0.6 is 35.3 Å². The number of halogens is 1. The van der Waals surface area contributed by atoms with Crippen molar-refractivity contribution in [3.8, 4) is 0 Å². The second-order valence-corrected chi connectivity index (χ2v) is 10.2. The third-order valence-electron chi connectivity index (χ3n) is 4.32. The molecule has 162 valence electrons. The summed E-state index contributed by atoms with van der Waals surface area (Å²) in [5.74, 6) is 0.741. The molecule has 0 amide bonds. The number of hydrogen-bond donors (Lipinski definition) is 2. The molecule has 9 heteroatoms. The van der Waals surface area contributed by atoms with Gasteiger partial charge in [0.15, 0.2) is 5.96 Å². The summed E-state index contributed by atoms with van der Waals surface area (Å²) >= 11 is 1.76. The molecule has 0 saturated carbocycles. The van der Waals surface area contributed by atoms with E-state index in [1.165, 1.54) is 14.1 Å². The van der Waals surface area contributed by atoms with E-state index < -0.39 is 10.0 Å². The predicted molar refractivity (Wildman–Crippen MR) is 133 cm³/mol. The predicted octanol–water partition coefficient (Wildman–Crippen LogP) is 3.96. The van der Waals surface area contributed by atoms with Crippen molar-refractivity contribution in [2.24, 2.45) is 4.99 Å². The summed E-state index contributed by atoms with van der Waals surface area (Å²) in [6, 6.07) is 11.1. The Hall–Kier alpha value is -1.17. The van der Waals surface area contributed by atoms with Crippen LogP contribution in [0.3, 0.4) is 0 Å². The molecule has 2 rings (SSSR count). The van der Waals surface area contributed by atoms with E-state index in [0.29, 0.717) is 11.4 Å². The Morgan fingerprint density at radius 2 is 1.79 bits per heavy atom. The molecule has 0 aliphatic carbocycles. The summed E-state index contributed by atoms with van der Waals surface area (Å²) in [4.78, 5) is 7.45. The number of nitrogens with one attached hydrogen (secondary N) is 2. The van der Waals surface area contributed by atoms with Crippen molar-refractivity contribution in [3.05, 3.63) is 51.7 Å². The van der Waals surface area contributed by atoms with Gasteiger partial charge in [-0.25, -0.2) is 13.4 Å². The summed E-state index contributed by atoms with van der Waals surface area (Å²) in [7, 11) is -1.86. The van der Waals surface area contributed by atoms with Crippen molar-refractivity contribution in [1.29, 1.82) is 0 Å². The largest absolute Gasteiger partial charge is 0.357 e. The number of rotatable bonds is 8. The van der Waals surface area contributed by atoms with Gasteiger partial charge >= 0.3 is 0 Å². The van der Waals surface area contributed by atoms with Gasteiger partial charge in [0.2, 0.25) is 10.0 Å². The van der Waals surface area contributed by atoms with Crippen molar-refractivity contribution in [2.75, 3.05) is 13.6 Å². The Morgan fingerprint density at radius 3 is 2.31 bits per heavy atom. The maximum Gasteiger partial charge on any atom is 0.243 e. The number of guanidine groups is 1. The third kappa shape index (κ3) is 7.54. The summed E-state index contributed by atoms with van der Waals surface area (Å²) in [5, 5.41) is 6.56. The molecule has 0 radical (unpaired) electrons. The molecule has 0 bridgehead atoms. The van der Waals surface area contributed by atoms with Crippen molar-refractivity contribution in [3.63, 3.8) is 0 Å². The van der Waals surface area contributed by atoms with E-state index in [1.54, 1.807) is 30.5 Å². The molecule has 6 nitrogen and oxygen atoms in total. The van der Waals surface area contributed by atoms with Crippen molar-refractivity contribution < 1.29 is 8.42 Å². The van der Waals surface area contributed by atoms with Crippen LogP contribution in [-0.4, -0.2) is 38.3 Å². The van der Waals surface area contributed by atoms with E-state index in [-0.39, 0.29) is 30.0 Å². The normalized spacial score (nSPS) is 12.2. The quantitative estimate of drug-likeness (QED) is 0.297. The molecule has 0 atom stereocenters.